The van der Waals surface area contributed by atoms with E-state index in [2.05, 4.69) is 46.8 Å². The van der Waals surface area contributed by atoms with Crippen LogP contribution in [0.25, 0.3) is 0 Å². The van der Waals surface area contributed by atoms with E-state index in [9.17, 15) is 4.79 Å². The van der Waals surface area contributed by atoms with Crippen LogP contribution in [-0.4, -0.2) is 6.29 Å². The molecule has 1 fully saturated rings. The molecule has 2 aliphatic rings. The lowest BCUT2D eigenvalue weighted by Crippen LogP contribution is -2.33. The van der Waals surface area contributed by atoms with Crippen LogP contribution in [0, 0.1) is 16.7 Å². The van der Waals surface area contributed by atoms with Gasteiger partial charge in [0.2, 0.25) is 0 Å². The Kier molecular flexibility index (Phi) is 3.59. The Balaban J connectivity index is 2.40. The summed E-state index contributed by atoms with van der Waals surface area (Å²) in [7, 11) is 0. The predicted molar refractivity (Wildman–Crippen MR) is 80.9 cm³/mol. The van der Waals surface area contributed by atoms with Gasteiger partial charge in [0, 0.05) is 5.92 Å². The molecule has 1 unspecified atom stereocenters. The summed E-state index contributed by atoms with van der Waals surface area (Å²) < 4.78 is 0. The molecular formula is C18H26O. The smallest absolute Gasteiger partial charge is 0.142 e. The molecule has 104 valence electrons. The number of aldehydes is 1. The topological polar surface area (TPSA) is 17.1 Å². The van der Waals surface area contributed by atoms with Gasteiger partial charge in [-0.2, -0.15) is 0 Å². The van der Waals surface area contributed by atoms with Gasteiger partial charge in [-0.05, 0) is 54.2 Å². The van der Waals surface area contributed by atoms with Crippen LogP contribution >= 0.6 is 0 Å². The van der Waals surface area contributed by atoms with Gasteiger partial charge >= 0.3 is 0 Å². The average Bonchev–Trinajstić information content (AvgIpc) is 2.35. The summed E-state index contributed by atoms with van der Waals surface area (Å²) >= 11 is 0. The van der Waals surface area contributed by atoms with Gasteiger partial charge in [-0.1, -0.05) is 45.4 Å². The number of carbonyl (C=O) groups excluding carboxylic acids is 1. The SMILES string of the molecule is CC(=CC=O)C1C=C2C(=CC1)C(C)(C)CCC2(C)C. The van der Waals surface area contributed by atoms with Crippen molar-refractivity contribution in [2.24, 2.45) is 16.7 Å². The van der Waals surface area contributed by atoms with Crippen molar-refractivity contribution >= 4 is 6.29 Å². The van der Waals surface area contributed by atoms with Gasteiger partial charge in [0.05, 0.1) is 0 Å². The lowest BCUT2D eigenvalue weighted by Gasteiger charge is -2.46. The molecular weight excluding hydrogens is 232 g/mol. The maximum absolute atomic E-state index is 10.7. The summed E-state index contributed by atoms with van der Waals surface area (Å²) in [6.45, 7) is 11.5. The first kappa shape index (κ1) is 14.3. The second-order valence-electron chi connectivity index (χ2n) is 7.35. The van der Waals surface area contributed by atoms with Gasteiger partial charge in [-0.15, -0.1) is 0 Å². The number of hydrogen-bond acceptors (Lipinski definition) is 1. The van der Waals surface area contributed by atoms with E-state index in [4.69, 9.17) is 0 Å². The monoisotopic (exact) mass is 258 g/mol. The van der Waals surface area contributed by atoms with E-state index in [1.54, 1.807) is 11.6 Å². The highest BCUT2D eigenvalue weighted by Gasteiger charge is 2.41. The Hall–Kier alpha value is -1.11. The zero-order valence-corrected chi connectivity index (χ0v) is 12.9. The highest BCUT2D eigenvalue weighted by Crippen LogP contribution is 2.54. The van der Waals surface area contributed by atoms with Gasteiger partial charge in [0.15, 0.2) is 0 Å². The van der Waals surface area contributed by atoms with Crippen molar-refractivity contribution in [3.05, 3.63) is 34.9 Å². The molecule has 0 N–H and O–H groups in total. The molecule has 0 heterocycles. The van der Waals surface area contributed by atoms with E-state index in [0.717, 1.165) is 12.7 Å². The molecule has 0 aromatic rings. The number of fused-ring (bicyclic) bond motifs is 1. The number of hydrogen-bond donors (Lipinski definition) is 0. The molecule has 19 heavy (non-hydrogen) atoms. The highest BCUT2D eigenvalue weighted by atomic mass is 16.1. The number of rotatable bonds is 2. The van der Waals surface area contributed by atoms with E-state index < -0.39 is 0 Å². The maximum atomic E-state index is 10.7. The van der Waals surface area contributed by atoms with Crippen molar-refractivity contribution in [1.29, 1.82) is 0 Å². The second-order valence-corrected chi connectivity index (χ2v) is 7.35. The molecule has 0 bridgehead atoms. The minimum Gasteiger partial charge on any atom is -0.299 e. The Morgan fingerprint density at radius 1 is 1.16 bits per heavy atom. The molecule has 0 saturated heterocycles. The molecule has 0 aromatic carbocycles. The highest BCUT2D eigenvalue weighted by molar-refractivity contribution is 5.66. The van der Waals surface area contributed by atoms with Crippen molar-refractivity contribution < 1.29 is 4.79 Å². The van der Waals surface area contributed by atoms with E-state index in [-0.39, 0.29) is 5.41 Å². The van der Waals surface area contributed by atoms with Crippen LogP contribution < -0.4 is 0 Å². The molecule has 1 heteroatoms. The molecule has 2 rings (SSSR count). The third-order valence-electron chi connectivity index (χ3n) is 4.98. The van der Waals surface area contributed by atoms with Crippen LogP contribution in [0.15, 0.2) is 34.9 Å². The molecule has 1 nitrogen and oxygen atoms in total. The molecule has 0 radical (unpaired) electrons. The van der Waals surface area contributed by atoms with Crippen LogP contribution in [0.2, 0.25) is 0 Å². The van der Waals surface area contributed by atoms with Crippen LogP contribution in [-0.2, 0) is 4.79 Å². The fourth-order valence-electron chi connectivity index (χ4n) is 3.39. The standard InChI is InChI=1S/C18H26O/c1-13(8-11-19)14-6-7-15-16(12-14)18(4,5)10-9-17(15,2)3/h7-8,11-12,14H,6,9-10H2,1-5H3. The average molecular weight is 258 g/mol. The third kappa shape index (κ3) is 2.61. The first-order chi connectivity index (χ1) is 8.78. The van der Waals surface area contributed by atoms with Gasteiger partial charge in [0.1, 0.15) is 6.29 Å². The number of carbonyl (C=O) groups is 1. The Labute approximate surface area is 117 Å². The quantitative estimate of drug-likeness (QED) is 0.511. The molecule has 1 atom stereocenters. The fourth-order valence-corrected chi connectivity index (χ4v) is 3.39. The normalized spacial score (nSPS) is 29.1. The van der Waals surface area contributed by atoms with Crippen molar-refractivity contribution in [3.63, 3.8) is 0 Å². The number of allylic oxidation sites excluding steroid dienone is 6. The first-order valence-corrected chi connectivity index (χ1v) is 7.33. The zero-order valence-electron chi connectivity index (χ0n) is 12.9. The van der Waals surface area contributed by atoms with Crippen LogP contribution in [0.1, 0.15) is 53.9 Å². The van der Waals surface area contributed by atoms with E-state index in [0.29, 0.717) is 11.3 Å². The zero-order chi connectivity index (χ0) is 14.3. The van der Waals surface area contributed by atoms with E-state index in [1.807, 2.05) is 0 Å². The molecule has 2 aliphatic carbocycles. The summed E-state index contributed by atoms with van der Waals surface area (Å²) in [4.78, 5) is 10.7. The minimum absolute atomic E-state index is 0.265. The summed E-state index contributed by atoms with van der Waals surface area (Å²) in [5.41, 5.74) is 4.80. The largest absolute Gasteiger partial charge is 0.299 e. The molecule has 0 amide bonds. The Morgan fingerprint density at radius 3 is 2.32 bits per heavy atom. The Morgan fingerprint density at radius 2 is 1.74 bits per heavy atom. The van der Waals surface area contributed by atoms with Crippen LogP contribution in [0.3, 0.4) is 0 Å². The minimum atomic E-state index is 0.265. The molecule has 0 spiro atoms. The maximum Gasteiger partial charge on any atom is 0.142 e. The predicted octanol–water partition coefficient (Wildman–Crippen LogP) is 4.85. The van der Waals surface area contributed by atoms with Gasteiger partial charge in [-0.25, -0.2) is 0 Å². The lowest BCUT2D eigenvalue weighted by molar-refractivity contribution is -0.104. The Bertz CT molecular complexity index is 472. The van der Waals surface area contributed by atoms with Crippen LogP contribution in [0.5, 0.6) is 0 Å². The van der Waals surface area contributed by atoms with Crippen molar-refractivity contribution in [2.75, 3.05) is 0 Å². The third-order valence-corrected chi connectivity index (χ3v) is 4.98. The van der Waals surface area contributed by atoms with Crippen molar-refractivity contribution in [1.82, 2.24) is 0 Å². The fraction of sp³-hybridized carbons (Fsp3) is 0.611. The van der Waals surface area contributed by atoms with Crippen molar-refractivity contribution in [2.45, 2.75) is 53.9 Å². The summed E-state index contributed by atoms with van der Waals surface area (Å²) in [5.74, 6) is 0.400. The van der Waals surface area contributed by atoms with Crippen molar-refractivity contribution in [3.8, 4) is 0 Å². The summed E-state index contributed by atoms with van der Waals surface area (Å²) in [6.07, 6.45) is 11.0. The van der Waals surface area contributed by atoms with Gasteiger partial charge in [0.25, 0.3) is 0 Å². The van der Waals surface area contributed by atoms with Gasteiger partial charge in [-0.3, -0.25) is 4.79 Å². The molecule has 1 saturated carbocycles. The molecule has 0 aromatic heterocycles. The van der Waals surface area contributed by atoms with Crippen LogP contribution in [0.4, 0.5) is 0 Å². The summed E-state index contributed by atoms with van der Waals surface area (Å²) in [5, 5.41) is 0. The lowest BCUT2D eigenvalue weighted by atomic mass is 9.58. The summed E-state index contributed by atoms with van der Waals surface area (Å²) in [6, 6.07) is 0. The van der Waals surface area contributed by atoms with E-state index in [1.165, 1.54) is 24.0 Å². The molecule has 0 aliphatic heterocycles. The second kappa shape index (κ2) is 4.77. The van der Waals surface area contributed by atoms with Gasteiger partial charge < -0.3 is 0 Å². The first-order valence-electron chi connectivity index (χ1n) is 7.33. The van der Waals surface area contributed by atoms with E-state index >= 15 is 0 Å².